The van der Waals surface area contributed by atoms with Crippen LogP contribution in [0.5, 0.6) is 5.75 Å². The van der Waals surface area contributed by atoms with E-state index in [9.17, 15) is 18.0 Å². The third kappa shape index (κ3) is 5.10. The van der Waals surface area contributed by atoms with Gasteiger partial charge in [-0.05, 0) is 29.7 Å². The smallest absolute Gasteiger partial charge is 0.229 e. The van der Waals surface area contributed by atoms with Crippen molar-refractivity contribution in [3.8, 4) is 5.75 Å². The molecule has 160 valence electrons. The lowest BCUT2D eigenvalue weighted by molar-refractivity contribution is -0.132. The minimum Gasteiger partial charge on any atom is -0.494 e. The van der Waals surface area contributed by atoms with Crippen molar-refractivity contribution in [2.45, 2.75) is 25.8 Å². The Bertz CT molecular complexity index is 1070. The number of anilines is 2. The van der Waals surface area contributed by atoms with E-state index in [0.717, 1.165) is 23.8 Å². The first-order chi connectivity index (χ1) is 14.2. The van der Waals surface area contributed by atoms with Crippen molar-refractivity contribution in [2.24, 2.45) is 0 Å². The Labute approximate surface area is 176 Å². The van der Waals surface area contributed by atoms with E-state index >= 15 is 0 Å². The number of amides is 2. The van der Waals surface area contributed by atoms with E-state index < -0.39 is 10.0 Å². The Balaban J connectivity index is 1.78. The first-order valence-electron chi connectivity index (χ1n) is 9.48. The van der Waals surface area contributed by atoms with Crippen LogP contribution in [0.1, 0.15) is 30.5 Å². The van der Waals surface area contributed by atoms with Gasteiger partial charge in [-0.2, -0.15) is 0 Å². The summed E-state index contributed by atoms with van der Waals surface area (Å²) < 4.78 is 30.5. The molecule has 0 radical (unpaired) electrons. The molecule has 2 aromatic carbocycles. The van der Waals surface area contributed by atoms with Crippen LogP contribution in [0.25, 0.3) is 0 Å². The molecule has 8 nitrogen and oxygen atoms in total. The molecule has 2 N–H and O–H groups in total. The molecule has 0 saturated carbocycles. The van der Waals surface area contributed by atoms with Gasteiger partial charge in [0.25, 0.3) is 0 Å². The fourth-order valence-corrected chi connectivity index (χ4v) is 4.26. The van der Waals surface area contributed by atoms with E-state index in [1.165, 1.54) is 20.1 Å². The van der Waals surface area contributed by atoms with Gasteiger partial charge in [-0.15, -0.1) is 0 Å². The van der Waals surface area contributed by atoms with Crippen molar-refractivity contribution in [1.29, 1.82) is 0 Å². The second-order valence-corrected chi connectivity index (χ2v) is 8.97. The van der Waals surface area contributed by atoms with Crippen molar-refractivity contribution in [2.75, 3.05) is 29.9 Å². The molecule has 0 fully saturated rings. The van der Waals surface area contributed by atoms with Crippen LogP contribution in [-0.4, -0.2) is 45.0 Å². The average molecular weight is 432 g/mol. The number of sulfonamides is 1. The maximum absolute atomic E-state index is 12.8. The van der Waals surface area contributed by atoms with Crippen LogP contribution < -0.4 is 14.8 Å². The molecule has 0 bridgehead atoms. The molecule has 0 spiro atoms. The fourth-order valence-electron chi connectivity index (χ4n) is 3.69. The minimum atomic E-state index is -3.46. The first-order valence-corrected chi connectivity index (χ1v) is 11.4. The maximum Gasteiger partial charge on any atom is 0.229 e. The fraction of sp³-hybridized carbons (Fsp3) is 0.333. The third-order valence-electron chi connectivity index (χ3n) is 4.98. The zero-order chi connectivity index (χ0) is 21.9. The lowest BCUT2D eigenvalue weighted by atomic mass is 9.90. The largest absolute Gasteiger partial charge is 0.494 e. The summed E-state index contributed by atoms with van der Waals surface area (Å²) in [6.07, 6.45) is 1.92. The number of methoxy groups -OCH3 is 1. The Morgan fingerprint density at radius 1 is 1.20 bits per heavy atom. The zero-order valence-electron chi connectivity index (χ0n) is 17.1. The van der Waals surface area contributed by atoms with Gasteiger partial charge in [0.2, 0.25) is 21.8 Å². The van der Waals surface area contributed by atoms with Crippen LogP contribution in [0.15, 0.2) is 42.5 Å². The summed E-state index contributed by atoms with van der Waals surface area (Å²) in [6.45, 7) is 2.08. The summed E-state index contributed by atoms with van der Waals surface area (Å²) in [4.78, 5) is 26.6. The van der Waals surface area contributed by atoms with Gasteiger partial charge in [-0.1, -0.05) is 24.3 Å². The lowest BCUT2D eigenvalue weighted by Gasteiger charge is -2.36. The number of carbonyl (C=O) groups excluding carboxylic acids is 2. The van der Waals surface area contributed by atoms with Gasteiger partial charge in [0.05, 0.1) is 31.5 Å². The monoisotopic (exact) mass is 431 g/mol. The predicted molar refractivity (Wildman–Crippen MR) is 115 cm³/mol. The molecule has 1 heterocycles. The van der Waals surface area contributed by atoms with E-state index in [-0.39, 0.29) is 35.7 Å². The molecule has 2 amide bonds. The predicted octanol–water partition coefficient (Wildman–Crippen LogP) is 2.54. The molecule has 1 aliphatic heterocycles. The van der Waals surface area contributed by atoms with Crippen molar-refractivity contribution >= 4 is 33.2 Å². The number of nitrogens with one attached hydrogen (secondary N) is 2. The number of rotatable bonds is 6. The molecule has 0 aliphatic carbocycles. The third-order valence-corrected chi connectivity index (χ3v) is 5.57. The summed E-state index contributed by atoms with van der Waals surface area (Å²) in [6, 6.07) is 12.2. The van der Waals surface area contributed by atoms with Gasteiger partial charge in [-0.25, -0.2) is 8.42 Å². The highest BCUT2D eigenvalue weighted by molar-refractivity contribution is 7.92. The molecule has 2 aromatic rings. The van der Waals surface area contributed by atoms with Gasteiger partial charge in [-0.3, -0.25) is 14.3 Å². The topological polar surface area (TPSA) is 105 Å². The quantitative estimate of drug-likeness (QED) is 0.731. The van der Waals surface area contributed by atoms with Gasteiger partial charge in [0.15, 0.2) is 0 Å². The van der Waals surface area contributed by atoms with Crippen molar-refractivity contribution < 1.29 is 22.7 Å². The number of carbonyl (C=O) groups is 2. The number of hydrogen-bond donors (Lipinski definition) is 2. The zero-order valence-corrected chi connectivity index (χ0v) is 18.0. The molecule has 9 heteroatoms. The molecule has 1 aliphatic rings. The van der Waals surface area contributed by atoms with E-state index in [0.29, 0.717) is 12.2 Å². The van der Waals surface area contributed by atoms with Crippen LogP contribution in [-0.2, 0) is 26.0 Å². The number of benzene rings is 2. The highest BCUT2D eigenvalue weighted by Gasteiger charge is 2.30. The van der Waals surface area contributed by atoms with Crippen LogP contribution in [0.2, 0.25) is 0 Å². The first kappa shape index (κ1) is 21.6. The molecule has 3 rings (SSSR count). The van der Waals surface area contributed by atoms with Crippen LogP contribution in [0.3, 0.4) is 0 Å². The molecule has 1 unspecified atom stereocenters. The second-order valence-electron chi connectivity index (χ2n) is 7.22. The van der Waals surface area contributed by atoms with Gasteiger partial charge in [0.1, 0.15) is 5.75 Å². The summed E-state index contributed by atoms with van der Waals surface area (Å²) >= 11 is 0. The summed E-state index contributed by atoms with van der Waals surface area (Å²) in [5.74, 6) is -0.0411. The Morgan fingerprint density at radius 2 is 1.93 bits per heavy atom. The number of nitrogens with zero attached hydrogens (tertiary/aromatic N) is 1. The van der Waals surface area contributed by atoms with E-state index in [1.54, 1.807) is 17.0 Å². The molecule has 0 aromatic heterocycles. The van der Waals surface area contributed by atoms with Crippen LogP contribution >= 0.6 is 0 Å². The van der Waals surface area contributed by atoms with Crippen molar-refractivity contribution in [3.63, 3.8) is 0 Å². The van der Waals surface area contributed by atoms with Crippen molar-refractivity contribution in [3.05, 3.63) is 53.6 Å². The molecule has 1 atom stereocenters. The summed E-state index contributed by atoms with van der Waals surface area (Å²) in [5.41, 5.74) is 2.88. The number of fused-ring (bicyclic) bond motifs is 1. The Kier molecular flexibility index (Phi) is 6.31. The van der Waals surface area contributed by atoms with E-state index in [4.69, 9.17) is 4.74 Å². The standard InChI is InChI=1S/C21H25N3O5S/c1-14(25)24-11-10-15-6-4-5-7-17(15)19(24)13-21(26)22-16-8-9-18(20(12-16)29-2)23-30(3,27)28/h4-9,12,19,23H,10-11,13H2,1-3H3,(H,22,26). The average Bonchev–Trinajstić information content (AvgIpc) is 2.68. The molecule has 0 saturated heterocycles. The Hall–Kier alpha value is -3.07. The van der Waals surface area contributed by atoms with E-state index in [1.807, 2.05) is 24.3 Å². The van der Waals surface area contributed by atoms with Gasteiger partial charge >= 0.3 is 0 Å². The molecule has 30 heavy (non-hydrogen) atoms. The van der Waals surface area contributed by atoms with Crippen LogP contribution in [0.4, 0.5) is 11.4 Å². The lowest BCUT2D eigenvalue weighted by Crippen LogP contribution is -2.40. The summed E-state index contributed by atoms with van der Waals surface area (Å²) in [7, 11) is -2.05. The van der Waals surface area contributed by atoms with Crippen molar-refractivity contribution in [1.82, 2.24) is 4.90 Å². The summed E-state index contributed by atoms with van der Waals surface area (Å²) in [5, 5.41) is 2.81. The highest BCUT2D eigenvalue weighted by atomic mass is 32.2. The van der Waals surface area contributed by atoms with Crippen LogP contribution in [0, 0.1) is 0 Å². The highest BCUT2D eigenvalue weighted by Crippen LogP contribution is 2.33. The molecular formula is C21H25N3O5S. The number of ether oxygens (including phenoxy) is 1. The molecular weight excluding hydrogens is 406 g/mol. The maximum atomic E-state index is 12.8. The van der Waals surface area contributed by atoms with Gasteiger partial charge in [0, 0.05) is 25.2 Å². The Morgan fingerprint density at radius 3 is 2.60 bits per heavy atom. The number of hydrogen-bond acceptors (Lipinski definition) is 5. The minimum absolute atomic E-state index is 0.0693. The normalized spacial score (nSPS) is 15.8. The SMILES string of the molecule is COc1cc(NC(=O)CC2c3ccccc3CCN2C(C)=O)ccc1NS(C)(=O)=O. The second kappa shape index (κ2) is 8.74. The van der Waals surface area contributed by atoms with E-state index in [2.05, 4.69) is 10.0 Å². The van der Waals surface area contributed by atoms with Gasteiger partial charge < -0.3 is 15.0 Å².